The van der Waals surface area contributed by atoms with Crippen LogP contribution in [0.4, 0.5) is 0 Å². The second-order valence-electron chi connectivity index (χ2n) is 10.8. The summed E-state index contributed by atoms with van der Waals surface area (Å²) in [7, 11) is 1.66. The van der Waals surface area contributed by atoms with Crippen molar-refractivity contribution in [2.75, 3.05) is 33.4 Å². The molecule has 0 unspecified atom stereocenters. The van der Waals surface area contributed by atoms with Crippen LogP contribution in [0.1, 0.15) is 36.5 Å². The van der Waals surface area contributed by atoms with Gasteiger partial charge < -0.3 is 29.7 Å². The molecule has 0 spiro atoms. The molecule has 0 aromatic heterocycles. The van der Waals surface area contributed by atoms with E-state index in [4.69, 9.17) is 25.8 Å². The van der Waals surface area contributed by atoms with E-state index in [0.29, 0.717) is 56.5 Å². The van der Waals surface area contributed by atoms with Crippen LogP contribution in [0, 0.1) is 0 Å². The molecule has 2 N–H and O–H groups in total. The minimum absolute atomic E-state index is 0.0162. The van der Waals surface area contributed by atoms with Crippen LogP contribution in [0.2, 0.25) is 5.02 Å². The van der Waals surface area contributed by atoms with Gasteiger partial charge in [-0.2, -0.15) is 0 Å². The summed E-state index contributed by atoms with van der Waals surface area (Å²) in [4.78, 5) is 27.7. The van der Waals surface area contributed by atoms with Crippen LogP contribution < -0.4 is 20.1 Å². The molecule has 9 heteroatoms. The normalized spacial score (nSPS) is 17.9. The van der Waals surface area contributed by atoms with Crippen LogP contribution in [-0.4, -0.2) is 62.2 Å². The maximum Gasteiger partial charge on any atom is 0.249 e. The summed E-state index contributed by atoms with van der Waals surface area (Å²) in [6.45, 7) is 4.55. The molecule has 226 valence electrons. The molecule has 8 nitrogen and oxygen atoms in total. The van der Waals surface area contributed by atoms with Gasteiger partial charge in [-0.15, -0.1) is 0 Å². The smallest absolute Gasteiger partial charge is 0.249 e. The lowest BCUT2D eigenvalue weighted by Crippen LogP contribution is -2.61. The lowest BCUT2D eigenvalue weighted by Gasteiger charge is -2.44. The quantitative estimate of drug-likeness (QED) is 0.283. The summed E-state index contributed by atoms with van der Waals surface area (Å²) in [5.74, 6) is 1.44. The molecule has 2 atom stereocenters. The SMILES string of the molecule is COc1ccccc1COCCCOc1ccc(C2=C(C(=O)NCc3ccccc3Cl)[C@H]3CN(C(C)=O)C[C@@H](C2)N3)cc1. The van der Waals surface area contributed by atoms with E-state index in [1.165, 1.54) is 0 Å². The predicted molar refractivity (Wildman–Crippen MR) is 167 cm³/mol. The molecule has 2 aliphatic rings. The number of amides is 2. The van der Waals surface area contributed by atoms with E-state index in [1.807, 2.05) is 77.7 Å². The van der Waals surface area contributed by atoms with Gasteiger partial charge in [0.2, 0.25) is 11.8 Å². The molecule has 5 rings (SSSR count). The summed E-state index contributed by atoms with van der Waals surface area (Å²) < 4.78 is 17.1. The fourth-order valence-electron chi connectivity index (χ4n) is 5.66. The van der Waals surface area contributed by atoms with Crippen LogP contribution in [0.15, 0.2) is 78.4 Å². The first-order valence-electron chi connectivity index (χ1n) is 14.6. The van der Waals surface area contributed by atoms with Crippen LogP contribution >= 0.6 is 11.6 Å². The number of rotatable bonds is 12. The number of nitrogens with zero attached hydrogens (tertiary/aromatic N) is 1. The van der Waals surface area contributed by atoms with Crippen molar-refractivity contribution in [3.63, 3.8) is 0 Å². The standard InChI is InChI=1S/C34H38ClN3O5/c1-23(39)38-20-27-18-29(33(31(21-38)37-27)34(40)36-19-25-8-3-5-10-30(25)35)24-12-14-28(15-13-24)43-17-7-16-42-22-26-9-4-6-11-32(26)41-2/h3-6,8-15,27,31,37H,7,16-22H2,1-2H3,(H,36,40)/t27-,31-/m1/s1. The number of carbonyl (C=O) groups is 2. The first-order valence-corrected chi connectivity index (χ1v) is 15.0. The van der Waals surface area contributed by atoms with Crippen molar-refractivity contribution < 1.29 is 23.8 Å². The Morgan fingerprint density at radius 2 is 1.72 bits per heavy atom. The molecule has 3 aromatic rings. The predicted octanol–water partition coefficient (Wildman–Crippen LogP) is 5.00. The highest BCUT2D eigenvalue weighted by atomic mass is 35.5. The Hall–Kier alpha value is -3.85. The number of nitrogens with one attached hydrogen (secondary N) is 2. The number of halogens is 1. The molecule has 0 radical (unpaired) electrons. The van der Waals surface area contributed by atoms with E-state index in [-0.39, 0.29) is 23.9 Å². The molecule has 1 fully saturated rings. The Bertz CT molecular complexity index is 1460. The second kappa shape index (κ2) is 14.6. The minimum atomic E-state index is -0.260. The maximum atomic E-state index is 13.7. The van der Waals surface area contributed by atoms with Gasteiger partial charge in [0.25, 0.3) is 0 Å². The Morgan fingerprint density at radius 1 is 0.977 bits per heavy atom. The Morgan fingerprint density at radius 3 is 2.47 bits per heavy atom. The van der Waals surface area contributed by atoms with Gasteiger partial charge in [-0.25, -0.2) is 0 Å². The number of ether oxygens (including phenoxy) is 3. The number of benzene rings is 3. The van der Waals surface area contributed by atoms with Gasteiger partial charge in [-0.05, 0) is 47.4 Å². The number of fused-ring (bicyclic) bond motifs is 2. The molecular weight excluding hydrogens is 566 g/mol. The number of hydrogen-bond acceptors (Lipinski definition) is 6. The van der Waals surface area contributed by atoms with Crippen molar-refractivity contribution in [3.8, 4) is 11.5 Å². The zero-order valence-corrected chi connectivity index (χ0v) is 25.4. The summed E-state index contributed by atoms with van der Waals surface area (Å²) in [5, 5.41) is 7.24. The second-order valence-corrected chi connectivity index (χ2v) is 11.2. The largest absolute Gasteiger partial charge is 0.496 e. The van der Waals surface area contributed by atoms with Gasteiger partial charge >= 0.3 is 0 Å². The molecule has 0 aliphatic carbocycles. The number of carbonyl (C=O) groups excluding carboxylic acids is 2. The number of piperazine rings is 1. The van der Waals surface area contributed by atoms with Crippen molar-refractivity contribution in [1.29, 1.82) is 0 Å². The van der Waals surface area contributed by atoms with E-state index in [0.717, 1.165) is 40.2 Å². The lowest BCUT2D eigenvalue weighted by molar-refractivity contribution is -0.131. The third-order valence-corrected chi connectivity index (χ3v) is 8.22. The zero-order valence-electron chi connectivity index (χ0n) is 24.6. The van der Waals surface area contributed by atoms with E-state index >= 15 is 0 Å². The van der Waals surface area contributed by atoms with Gasteiger partial charge in [0.1, 0.15) is 11.5 Å². The van der Waals surface area contributed by atoms with E-state index in [2.05, 4.69) is 10.6 Å². The van der Waals surface area contributed by atoms with Crippen molar-refractivity contribution >= 4 is 29.0 Å². The molecule has 3 aromatic carbocycles. The van der Waals surface area contributed by atoms with E-state index < -0.39 is 0 Å². The van der Waals surface area contributed by atoms with Gasteiger partial charge in [-0.1, -0.05) is 60.1 Å². The molecule has 1 saturated heterocycles. The summed E-state index contributed by atoms with van der Waals surface area (Å²) in [6, 6.07) is 23.0. The minimum Gasteiger partial charge on any atom is -0.496 e. The topological polar surface area (TPSA) is 89.1 Å². The van der Waals surface area contributed by atoms with Crippen LogP contribution in [0.5, 0.6) is 11.5 Å². The molecule has 43 heavy (non-hydrogen) atoms. The van der Waals surface area contributed by atoms with Crippen molar-refractivity contribution in [2.45, 2.75) is 45.0 Å². The van der Waals surface area contributed by atoms with Crippen LogP contribution in [-0.2, 0) is 27.5 Å². The highest BCUT2D eigenvalue weighted by Gasteiger charge is 2.39. The zero-order chi connectivity index (χ0) is 30.2. The Balaban J connectivity index is 1.23. The van der Waals surface area contributed by atoms with Crippen molar-refractivity contribution in [2.24, 2.45) is 0 Å². The molecule has 2 aliphatic heterocycles. The van der Waals surface area contributed by atoms with Crippen LogP contribution in [0.25, 0.3) is 5.57 Å². The van der Waals surface area contributed by atoms with E-state index in [9.17, 15) is 9.59 Å². The third-order valence-electron chi connectivity index (χ3n) is 7.85. The highest BCUT2D eigenvalue weighted by molar-refractivity contribution is 6.31. The van der Waals surface area contributed by atoms with Gasteiger partial charge in [0.15, 0.2) is 0 Å². The fourth-order valence-corrected chi connectivity index (χ4v) is 5.86. The average molecular weight is 604 g/mol. The number of hydrogen-bond donors (Lipinski definition) is 2. The van der Waals surface area contributed by atoms with Gasteiger partial charge in [0, 0.05) is 55.2 Å². The Kier molecular flexibility index (Phi) is 10.4. The third kappa shape index (κ3) is 7.76. The maximum absolute atomic E-state index is 13.7. The molecular formula is C34H38ClN3O5. The van der Waals surface area contributed by atoms with Gasteiger partial charge in [-0.3, -0.25) is 9.59 Å². The van der Waals surface area contributed by atoms with Gasteiger partial charge in [0.05, 0.1) is 33.0 Å². The molecule has 2 heterocycles. The first kappa shape index (κ1) is 30.6. The summed E-state index contributed by atoms with van der Waals surface area (Å²) in [6.07, 6.45) is 1.39. The van der Waals surface area contributed by atoms with Crippen molar-refractivity contribution in [1.82, 2.24) is 15.5 Å². The van der Waals surface area contributed by atoms with Crippen molar-refractivity contribution in [3.05, 3.63) is 100 Å². The van der Waals surface area contributed by atoms with Crippen LogP contribution in [0.3, 0.4) is 0 Å². The highest BCUT2D eigenvalue weighted by Crippen LogP contribution is 2.34. The molecule has 0 saturated carbocycles. The lowest BCUT2D eigenvalue weighted by atomic mass is 9.83. The average Bonchev–Trinajstić information content (AvgIpc) is 3.02. The monoisotopic (exact) mass is 603 g/mol. The summed E-state index contributed by atoms with van der Waals surface area (Å²) >= 11 is 6.33. The van der Waals surface area contributed by atoms with E-state index in [1.54, 1.807) is 14.0 Å². The summed E-state index contributed by atoms with van der Waals surface area (Å²) in [5.41, 5.74) is 4.49. The first-order chi connectivity index (χ1) is 20.9. The Labute approximate surface area is 258 Å². The molecule has 2 bridgehead atoms. The molecule has 2 amide bonds. The fraction of sp³-hybridized carbons (Fsp3) is 0.353. The number of methoxy groups -OCH3 is 1. The number of para-hydroxylation sites is 1.